The maximum absolute atomic E-state index is 11.5. The van der Waals surface area contributed by atoms with Gasteiger partial charge in [0.2, 0.25) is 5.91 Å². The minimum atomic E-state index is -0.427. The number of aromatic nitrogens is 1. The number of nitrogens with zero attached hydrogens (tertiary/aromatic N) is 1. The maximum Gasteiger partial charge on any atom is 0.237 e. The second-order valence-corrected chi connectivity index (χ2v) is 3.53. The molecule has 0 aliphatic carbocycles. The molecule has 1 rings (SSSR count). The third-order valence-corrected chi connectivity index (χ3v) is 2.32. The second kappa shape index (κ2) is 5.46. The number of hydrogen-bond acceptors (Lipinski definition) is 3. The smallest absolute Gasteiger partial charge is 0.237 e. The number of carbonyl (C=O) groups excluding carboxylic acids is 1. The molecule has 82 valence electrons. The van der Waals surface area contributed by atoms with Gasteiger partial charge in [-0.15, -0.1) is 0 Å². The molecule has 0 aromatic carbocycles. The molecule has 0 fully saturated rings. The zero-order valence-corrected chi connectivity index (χ0v) is 9.10. The van der Waals surface area contributed by atoms with Crippen LogP contribution in [0.25, 0.3) is 0 Å². The molecule has 1 unspecified atom stereocenters. The summed E-state index contributed by atoms with van der Waals surface area (Å²) in [6.45, 7) is 3.80. The summed E-state index contributed by atoms with van der Waals surface area (Å²) in [5.74, 6) is -0.117. The first-order chi connectivity index (χ1) is 7.15. The molecule has 1 heterocycles. The lowest BCUT2D eigenvalue weighted by Crippen LogP contribution is -2.41. The molecule has 4 nitrogen and oxygen atoms in total. The quantitative estimate of drug-likeness (QED) is 0.773. The molecule has 2 atom stereocenters. The van der Waals surface area contributed by atoms with E-state index in [9.17, 15) is 4.79 Å². The molecule has 0 saturated carbocycles. The zero-order chi connectivity index (χ0) is 11.3. The Morgan fingerprint density at radius 1 is 1.67 bits per heavy atom. The highest BCUT2D eigenvalue weighted by Crippen LogP contribution is 2.09. The SMILES string of the molecule is CCC(N)C(=O)N[C@@H](C)c1cccnc1. The van der Waals surface area contributed by atoms with Gasteiger partial charge in [-0.3, -0.25) is 9.78 Å². The molecular formula is C11H17N3O. The van der Waals surface area contributed by atoms with Crippen molar-refractivity contribution in [3.63, 3.8) is 0 Å². The lowest BCUT2D eigenvalue weighted by atomic mass is 10.1. The van der Waals surface area contributed by atoms with Crippen molar-refractivity contribution in [1.29, 1.82) is 0 Å². The van der Waals surface area contributed by atoms with E-state index in [1.165, 1.54) is 0 Å². The summed E-state index contributed by atoms with van der Waals surface area (Å²) < 4.78 is 0. The van der Waals surface area contributed by atoms with Gasteiger partial charge >= 0.3 is 0 Å². The number of nitrogens with two attached hydrogens (primary N) is 1. The number of amides is 1. The fourth-order valence-corrected chi connectivity index (χ4v) is 1.22. The second-order valence-electron chi connectivity index (χ2n) is 3.53. The van der Waals surface area contributed by atoms with Crippen molar-refractivity contribution < 1.29 is 4.79 Å². The highest BCUT2D eigenvalue weighted by Gasteiger charge is 2.14. The normalized spacial score (nSPS) is 14.3. The van der Waals surface area contributed by atoms with Gasteiger partial charge in [0.25, 0.3) is 0 Å². The first-order valence-electron chi connectivity index (χ1n) is 5.11. The molecule has 1 aromatic rings. The molecule has 1 amide bonds. The van der Waals surface area contributed by atoms with Crippen LogP contribution in [0.1, 0.15) is 31.9 Å². The van der Waals surface area contributed by atoms with E-state index in [0.717, 1.165) is 5.56 Å². The third kappa shape index (κ3) is 3.32. The minimum Gasteiger partial charge on any atom is -0.348 e. The third-order valence-electron chi connectivity index (χ3n) is 2.32. The highest BCUT2D eigenvalue weighted by molar-refractivity contribution is 5.81. The van der Waals surface area contributed by atoms with Crippen molar-refractivity contribution >= 4 is 5.91 Å². The summed E-state index contributed by atoms with van der Waals surface area (Å²) in [6.07, 6.45) is 4.09. The van der Waals surface area contributed by atoms with Gasteiger partial charge in [-0.25, -0.2) is 0 Å². The number of pyridine rings is 1. The Kier molecular flexibility index (Phi) is 4.24. The van der Waals surface area contributed by atoms with E-state index in [0.29, 0.717) is 6.42 Å². The van der Waals surface area contributed by atoms with Gasteiger partial charge in [-0.2, -0.15) is 0 Å². The molecular weight excluding hydrogens is 190 g/mol. The fourth-order valence-electron chi connectivity index (χ4n) is 1.22. The van der Waals surface area contributed by atoms with E-state index in [4.69, 9.17) is 5.73 Å². The van der Waals surface area contributed by atoms with Crippen LogP contribution in [0.5, 0.6) is 0 Å². The van der Waals surface area contributed by atoms with E-state index in [2.05, 4.69) is 10.3 Å². The molecule has 0 bridgehead atoms. The van der Waals surface area contributed by atoms with Crippen molar-refractivity contribution in [2.24, 2.45) is 5.73 Å². The minimum absolute atomic E-state index is 0.0520. The molecule has 1 aromatic heterocycles. The Hall–Kier alpha value is -1.42. The predicted molar refractivity (Wildman–Crippen MR) is 59.1 cm³/mol. The highest BCUT2D eigenvalue weighted by atomic mass is 16.2. The van der Waals surface area contributed by atoms with Gasteiger partial charge in [0, 0.05) is 12.4 Å². The number of carbonyl (C=O) groups is 1. The lowest BCUT2D eigenvalue weighted by molar-refractivity contribution is -0.123. The van der Waals surface area contributed by atoms with E-state index in [-0.39, 0.29) is 11.9 Å². The summed E-state index contributed by atoms with van der Waals surface area (Å²) in [6, 6.07) is 3.29. The average molecular weight is 207 g/mol. The van der Waals surface area contributed by atoms with Gasteiger partial charge < -0.3 is 11.1 Å². The first-order valence-corrected chi connectivity index (χ1v) is 5.11. The molecule has 15 heavy (non-hydrogen) atoms. The molecule has 0 aliphatic rings. The summed E-state index contributed by atoms with van der Waals surface area (Å²) in [5.41, 5.74) is 6.60. The monoisotopic (exact) mass is 207 g/mol. The van der Waals surface area contributed by atoms with Crippen LogP contribution in [-0.2, 0) is 4.79 Å². The van der Waals surface area contributed by atoms with Crippen LogP contribution >= 0.6 is 0 Å². The molecule has 3 N–H and O–H groups in total. The van der Waals surface area contributed by atoms with Gasteiger partial charge in [-0.05, 0) is 25.0 Å². The van der Waals surface area contributed by atoms with Gasteiger partial charge in [0.15, 0.2) is 0 Å². The number of nitrogens with one attached hydrogen (secondary N) is 1. The van der Waals surface area contributed by atoms with Gasteiger partial charge in [-0.1, -0.05) is 13.0 Å². The number of hydrogen-bond donors (Lipinski definition) is 2. The molecule has 4 heteroatoms. The van der Waals surface area contributed by atoms with Crippen molar-refractivity contribution in [2.45, 2.75) is 32.4 Å². The van der Waals surface area contributed by atoms with Gasteiger partial charge in [0.05, 0.1) is 12.1 Å². The van der Waals surface area contributed by atoms with Crippen LogP contribution in [0.15, 0.2) is 24.5 Å². The Bertz CT molecular complexity index is 313. The zero-order valence-electron chi connectivity index (χ0n) is 9.10. The molecule has 0 saturated heterocycles. The molecule has 0 radical (unpaired) electrons. The van der Waals surface area contributed by atoms with Crippen molar-refractivity contribution in [2.75, 3.05) is 0 Å². The fraction of sp³-hybridized carbons (Fsp3) is 0.455. The molecule has 0 spiro atoms. The van der Waals surface area contributed by atoms with E-state index in [1.54, 1.807) is 12.4 Å². The largest absolute Gasteiger partial charge is 0.348 e. The first kappa shape index (κ1) is 11.7. The maximum atomic E-state index is 11.5. The lowest BCUT2D eigenvalue weighted by Gasteiger charge is -2.16. The van der Waals surface area contributed by atoms with Crippen LogP contribution in [0.2, 0.25) is 0 Å². The van der Waals surface area contributed by atoms with Gasteiger partial charge in [0.1, 0.15) is 0 Å². The Morgan fingerprint density at radius 3 is 2.93 bits per heavy atom. The Labute approximate surface area is 89.9 Å². The Balaban J connectivity index is 2.56. The summed E-state index contributed by atoms with van der Waals surface area (Å²) in [5, 5.41) is 2.84. The predicted octanol–water partition coefficient (Wildman–Crippen LogP) is 0.996. The summed E-state index contributed by atoms with van der Waals surface area (Å²) >= 11 is 0. The number of rotatable bonds is 4. The summed E-state index contributed by atoms with van der Waals surface area (Å²) in [7, 11) is 0. The standard InChI is InChI=1S/C11H17N3O/c1-3-10(12)11(15)14-8(2)9-5-4-6-13-7-9/h4-8,10H,3,12H2,1-2H3,(H,14,15)/t8-,10?/m0/s1. The average Bonchev–Trinajstić information content (AvgIpc) is 2.29. The van der Waals surface area contributed by atoms with Crippen LogP contribution in [-0.4, -0.2) is 16.9 Å². The van der Waals surface area contributed by atoms with Crippen molar-refractivity contribution in [1.82, 2.24) is 10.3 Å². The Morgan fingerprint density at radius 2 is 2.40 bits per heavy atom. The van der Waals surface area contributed by atoms with Crippen LogP contribution in [0.4, 0.5) is 0 Å². The topological polar surface area (TPSA) is 68.0 Å². The molecule has 0 aliphatic heterocycles. The van der Waals surface area contributed by atoms with Crippen molar-refractivity contribution in [3.8, 4) is 0 Å². The van der Waals surface area contributed by atoms with Crippen molar-refractivity contribution in [3.05, 3.63) is 30.1 Å². The van der Waals surface area contributed by atoms with E-state index >= 15 is 0 Å². The van der Waals surface area contributed by atoms with E-state index in [1.807, 2.05) is 26.0 Å². The van der Waals surface area contributed by atoms with Crippen LogP contribution < -0.4 is 11.1 Å². The van der Waals surface area contributed by atoms with Crippen LogP contribution in [0.3, 0.4) is 0 Å². The van der Waals surface area contributed by atoms with E-state index < -0.39 is 6.04 Å². The summed E-state index contributed by atoms with van der Waals surface area (Å²) in [4.78, 5) is 15.5. The van der Waals surface area contributed by atoms with Crippen LogP contribution in [0, 0.1) is 0 Å².